The van der Waals surface area contributed by atoms with Gasteiger partial charge in [-0.1, -0.05) is 6.92 Å². The van der Waals surface area contributed by atoms with E-state index < -0.39 is 0 Å². The Morgan fingerprint density at radius 2 is 2.25 bits per heavy atom. The van der Waals surface area contributed by atoms with Crippen LogP contribution in [0.4, 0.5) is 0 Å². The average molecular weight is 166 g/mol. The van der Waals surface area contributed by atoms with Gasteiger partial charge in [-0.15, -0.1) is 0 Å². The molecule has 0 saturated heterocycles. The fourth-order valence-electron chi connectivity index (χ4n) is 1.21. The molecule has 1 aliphatic rings. The minimum absolute atomic E-state index is 0.122. The highest BCUT2D eigenvalue weighted by Gasteiger charge is 2.41. The zero-order chi connectivity index (χ0) is 9.30. The molecule has 3 nitrogen and oxygen atoms in total. The monoisotopic (exact) mass is 166 g/mol. The van der Waals surface area contributed by atoms with Crippen LogP contribution in [0, 0.1) is 23.2 Å². The van der Waals surface area contributed by atoms with Crippen LogP contribution in [0.1, 0.15) is 20.3 Å². The summed E-state index contributed by atoms with van der Waals surface area (Å²) in [6.07, 6.45) is 0.987. The highest BCUT2D eigenvalue weighted by Crippen LogP contribution is 2.39. The average Bonchev–Trinajstić information content (AvgIpc) is 2.78. The Kier molecular flexibility index (Phi) is 2.37. The molecule has 0 spiro atoms. The van der Waals surface area contributed by atoms with Crippen molar-refractivity contribution in [1.82, 2.24) is 4.90 Å². The van der Waals surface area contributed by atoms with Crippen molar-refractivity contribution in [3.63, 3.8) is 0 Å². The summed E-state index contributed by atoms with van der Waals surface area (Å²) in [7, 11) is 1.70. The fourth-order valence-corrected chi connectivity index (χ4v) is 1.21. The van der Waals surface area contributed by atoms with E-state index in [0.29, 0.717) is 5.92 Å². The minimum atomic E-state index is -0.301. The third-order valence-corrected chi connectivity index (χ3v) is 2.54. The van der Waals surface area contributed by atoms with Gasteiger partial charge >= 0.3 is 0 Å². The molecule has 0 aromatic heterocycles. The number of carbonyl (C=O) groups excluding carboxylic acids is 1. The molecule has 0 bridgehead atoms. The lowest BCUT2D eigenvalue weighted by Gasteiger charge is -2.19. The van der Waals surface area contributed by atoms with Gasteiger partial charge in [0.2, 0.25) is 5.91 Å². The number of nitrogens with zero attached hydrogens (tertiary/aromatic N) is 2. The van der Waals surface area contributed by atoms with E-state index in [0.717, 1.165) is 6.42 Å². The molecule has 0 N–H and O–H groups in total. The zero-order valence-corrected chi connectivity index (χ0v) is 7.74. The second-order valence-corrected chi connectivity index (χ2v) is 3.57. The number of rotatable bonds is 2. The molecule has 1 saturated carbocycles. The van der Waals surface area contributed by atoms with Gasteiger partial charge in [-0.3, -0.25) is 4.79 Å². The number of hydrogen-bond donors (Lipinski definition) is 0. The molecule has 3 heteroatoms. The van der Waals surface area contributed by atoms with E-state index in [1.54, 1.807) is 14.0 Å². The highest BCUT2D eigenvalue weighted by molar-refractivity contribution is 5.81. The molecule has 3 unspecified atom stereocenters. The fraction of sp³-hybridized carbons (Fsp3) is 0.778. The van der Waals surface area contributed by atoms with Crippen LogP contribution in [-0.4, -0.2) is 23.9 Å². The van der Waals surface area contributed by atoms with E-state index in [9.17, 15) is 4.79 Å². The van der Waals surface area contributed by atoms with Gasteiger partial charge in [0.05, 0.1) is 6.07 Å². The van der Waals surface area contributed by atoms with Gasteiger partial charge < -0.3 is 4.90 Å². The molecular weight excluding hydrogens is 152 g/mol. The van der Waals surface area contributed by atoms with Crippen molar-refractivity contribution in [2.75, 3.05) is 7.05 Å². The molecule has 1 aliphatic carbocycles. The summed E-state index contributed by atoms with van der Waals surface area (Å²) in [5.41, 5.74) is 0. The number of amides is 1. The Hall–Kier alpha value is -1.04. The van der Waals surface area contributed by atoms with E-state index in [2.05, 4.69) is 6.92 Å². The molecule has 1 amide bonds. The SMILES string of the molecule is CC1CC1C(=O)N(C)C(C)C#N. The molecule has 66 valence electrons. The van der Waals surface area contributed by atoms with E-state index in [-0.39, 0.29) is 17.9 Å². The van der Waals surface area contributed by atoms with E-state index in [1.165, 1.54) is 4.90 Å². The Labute approximate surface area is 73.0 Å². The highest BCUT2D eigenvalue weighted by atomic mass is 16.2. The van der Waals surface area contributed by atoms with Gasteiger partial charge in [-0.2, -0.15) is 5.26 Å². The molecule has 0 aromatic carbocycles. The summed E-state index contributed by atoms with van der Waals surface area (Å²) >= 11 is 0. The molecule has 0 radical (unpaired) electrons. The van der Waals surface area contributed by atoms with Crippen molar-refractivity contribution < 1.29 is 4.79 Å². The summed E-state index contributed by atoms with van der Waals surface area (Å²) in [5, 5.41) is 8.58. The van der Waals surface area contributed by atoms with Gasteiger partial charge in [0.25, 0.3) is 0 Å². The Morgan fingerprint density at radius 3 is 2.58 bits per heavy atom. The quantitative estimate of drug-likeness (QED) is 0.614. The van der Waals surface area contributed by atoms with Gasteiger partial charge in [0.15, 0.2) is 0 Å². The summed E-state index contributed by atoms with van der Waals surface area (Å²) in [5.74, 6) is 0.827. The lowest BCUT2D eigenvalue weighted by Crippen LogP contribution is -2.35. The van der Waals surface area contributed by atoms with E-state index in [1.807, 2.05) is 6.07 Å². The van der Waals surface area contributed by atoms with Crippen molar-refractivity contribution in [1.29, 1.82) is 5.26 Å². The van der Waals surface area contributed by atoms with Crippen molar-refractivity contribution in [3.05, 3.63) is 0 Å². The van der Waals surface area contributed by atoms with Crippen LogP contribution < -0.4 is 0 Å². The van der Waals surface area contributed by atoms with E-state index in [4.69, 9.17) is 5.26 Å². The van der Waals surface area contributed by atoms with Crippen LogP contribution in [-0.2, 0) is 4.79 Å². The van der Waals surface area contributed by atoms with Crippen molar-refractivity contribution in [2.24, 2.45) is 11.8 Å². The Morgan fingerprint density at radius 1 is 1.75 bits per heavy atom. The minimum Gasteiger partial charge on any atom is -0.330 e. The van der Waals surface area contributed by atoms with Gasteiger partial charge in [-0.25, -0.2) is 0 Å². The number of nitriles is 1. The number of carbonyl (C=O) groups is 1. The van der Waals surface area contributed by atoms with Crippen molar-refractivity contribution in [2.45, 2.75) is 26.3 Å². The molecule has 0 aromatic rings. The first-order valence-corrected chi connectivity index (χ1v) is 4.24. The van der Waals surface area contributed by atoms with Crippen molar-refractivity contribution >= 4 is 5.91 Å². The van der Waals surface area contributed by atoms with Crippen LogP contribution in [0.2, 0.25) is 0 Å². The molecule has 1 fully saturated rings. The van der Waals surface area contributed by atoms with Crippen LogP contribution in [0.5, 0.6) is 0 Å². The second-order valence-electron chi connectivity index (χ2n) is 3.57. The maximum absolute atomic E-state index is 11.5. The summed E-state index contributed by atoms with van der Waals surface area (Å²) in [6.45, 7) is 3.80. The van der Waals surface area contributed by atoms with Crippen LogP contribution >= 0.6 is 0 Å². The zero-order valence-electron chi connectivity index (χ0n) is 7.74. The largest absolute Gasteiger partial charge is 0.330 e. The first-order chi connectivity index (χ1) is 5.57. The third-order valence-electron chi connectivity index (χ3n) is 2.54. The number of hydrogen-bond acceptors (Lipinski definition) is 2. The first-order valence-electron chi connectivity index (χ1n) is 4.24. The van der Waals surface area contributed by atoms with Crippen molar-refractivity contribution in [3.8, 4) is 6.07 Å². The van der Waals surface area contributed by atoms with Crippen LogP contribution in [0.25, 0.3) is 0 Å². The predicted octanol–water partition coefficient (Wildman–Crippen LogP) is 1.01. The molecule has 1 rings (SSSR count). The topological polar surface area (TPSA) is 44.1 Å². The lowest BCUT2D eigenvalue weighted by atomic mass is 10.2. The summed E-state index contributed by atoms with van der Waals surface area (Å²) < 4.78 is 0. The van der Waals surface area contributed by atoms with Crippen LogP contribution in [0.3, 0.4) is 0 Å². The molecule has 0 heterocycles. The lowest BCUT2D eigenvalue weighted by molar-refractivity contribution is -0.132. The second kappa shape index (κ2) is 3.14. The molecular formula is C9H14N2O. The normalized spacial score (nSPS) is 28.8. The Balaban J connectivity index is 2.48. The van der Waals surface area contributed by atoms with Gasteiger partial charge in [0, 0.05) is 13.0 Å². The van der Waals surface area contributed by atoms with Crippen LogP contribution in [0.15, 0.2) is 0 Å². The van der Waals surface area contributed by atoms with Gasteiger partial charge in [-0.05, 0) is 19.3 Å². The standard InChI is InChI=1S/C9H14N2O/c1-6-4-8(6)9(12)11(3)7(2)5-10/h6-8H,4H2,1-3H3. The summed E-state index contributed by atoms with van der Waals surface area (Å²) in [6, 6.07) is 1.75. The van der Waals surface area contributed by atoms with Gasteiger partial charge in [0.1, 0.15) is 6.04 Å². The predicted molar refractivity (Wildman–Crippen MR) is 45.1 cm³/mol. The maximum atomic E-state index is 11.5. The maximum Gasteiger partial charge on any atom is 0.226 e. The molecule has 0 aliphatic heterocycles. The van der Waals surface area contributed by atoms with E-state index >= 15 is 0 Å². The smallest absolute Gasteiger partial charge is 0.226 e. The molecule has 3 atom stereocenters. The Bertz CT molecular complexity index is 231. The summed E-state index contributed by atoms with van der Waals surface area (Å²) in [4.78, 5) is 13.0. The first kappa shape index (κ1) is 9.05. The molecule has 12 heavy (non-hydrogen) atoms. The third kappa shape index (κ3) is 1.58.